The van der Waals surface area contributed by atoms with Crippen molar-refractivity contribution in [1.29, 1.82) is 0 Å². The van der Waals surface area contributed by atoms with Gasteiger partial charge in [0.25, 0.3) is 0 Å². The van der Waals surface area contributed by atoms with Crippen molar-refractivity contribution in [3.8, 4) is 28.0 Å². The summed E-state index contributed by atoms with van der Waals surface area (Å²) in [4.78, 5) is 25.1. The molecule has 200 valence electrons. The lowest BCUT2D eigenvalue weighted by Gasteiger charge is -2.18. The molecule has 0 amide bonds. The second kappa shape index (κ2) is 11.2. The number of ether oxygens (including phenoxy) is 2. The first kappa shape index (κ1) is 25.6. The van der Waals surface area contributed by atoms with Crippen LogP contribution in [0.15, 0.2) is 109 Å². The second-order valence-electron chi connectivity index (χ2n) is 9.59. The van der Waals surface area contributed by atoms with Crippen LogP contribution < -0.4 is 26.6 Å². The highest BCUT2D eigenvalue weighted by Crippen LogP contribution is 2.24. The minimum atomic E-state index is -0.898. The van der Waals surface area contributed by atoms with Gasteiger partial charge in [-0.05, 0) is 47.9 Å². The smallest absolute Gasteiger partial charge is 0.344 e. The average molecular weight is 535 g/mol. The van der Waals surface area contributed by atoms with E-state index in [1.807, 2.05) is 78.9 Å². The van der Waals surface area contributed by atoms with Crippen molar-refractivity contribution in [2.24, 2.45) is 0 Å². The largest absolute Gasteiger partial charge is 0.491 e. The Hall–Kier alpha value is -4.72. The predicted octanol–water partition coefficient (Wildman–Crippen LogP) is 3.87. The molecule has 0 radical (unpaired) electrons. The van der Waals surface area contributed by atoms with Crippen LogP contribution in [0.5, 0.6) is 5.75 Å². The molecule has 3 aromatic carbocycles. The summed E-state index contributed by atoms with van der Waals surface area (Å²) < 4.78 is 22.7. The number of aliphatic hydroxyl groups excluding tert-OH is 1. The minimum Gasteiger partial charge on any atom is -0.491 e. The van der Waals surface area contributed by atoms with Crippen LogP contribution in [0, 0.1) is 0 Å². The van der Waals surface area contributed by atoms with Gasteiger partial charge in [0.15, 0.2) is 0 Å². The van der Waals surface area contributed by atoms with Gasteiger partial charge in [0.1, 0.15) is 29.5 Å². The van der Waals surface area contributed by atoms with Crippen LogP contribution in [0.2, 0.25) is 0 Å². The van der Waals surface area contributed by atoms with E-state index in [4.69, 9.17) is 18.3 Å². The number of benzene rings is 3. The van der Waals surface area contributed by atoms with Crippen LogP contribution in [-0.2, 0) is 4.74 Å². The van der Waals surface area contributed by atoms with Crippen LogP contribution in [-0.4, -0.2) is 30.5 Å². The molecule has 2 unspecified atom stereocenters. The van der Waals surface area contributed by atoms with Gasteiger partial charge in [-0.2, -0.15) is 0 Å². The third kappa shape index (κ3) is 5.52. The zero-order valence-corrected chi connectivity index (χ0v) is 21.5. The standard InChI is InChI=1S/C33H26O7/c34-25(19-37-26-13-11-23-15-28(21-7-3-1-4-8-21)32(35)39-30(23)17-26)20-38-27-14-12-24-16-29(22-9-5-2-6-10-22)33(36)40-31(24)18-27/h1-13,15-18,25,27,34H,14,19-20H2. The van der Waals surface area contributed by atoms with E-state index in [0.717, 1.165) is 21.7 Å². The summed E-state index contributed by atoms with van der Waals surface area (Å²) in [6.07, 6.45) is 3.06. The molecule has 6 rings (SSSR count). The average Bonchev–Trinajstić information content (AvgIpc) is 2.99. The Labute approximate surface area is 228 Å². The van der Waals surface area contributed by atoms with Gasteiger partial charge in [-0.25, -0.2) is 9.59 Å². The van der Waals surface area contributed by atoms with E-state index in [1.165, 1.54) is 0 Å². The zero-order valence-electron chi connectivity index (χ0n) is 21.5. The Morgan fingerprint density at radius 3 is 2.20 bits per heavy atom. The lowest BCUT2D eigenvalue weighted by atomic mass is 10.0. The molecule has 5 aromatic rings. The van der Waals surface area contributed by atoms with E-state index in [1.54, 1.807) is 24.3 Å². The Kier molecular flexibility index (Phi) is 7.14. The van der Waals surface area contributed by atoms with Crippen molar-refractivity contribution in [2.45, 2.75) is 18.6 Å². The molecule has 7 heteroatoms. The molecular weight excluding hydrogens is 508 g/mol. The number of fused-ring (bicyclic) bond motifs is 2. The monoisotopic (exact) mass is 534 g/mol. The lowest BCUT2D eigenvalue weighted by molar-refractivity contribution is -0.00335. The number of aliphatic hydroxyl groups is 1. The predicted molar refractivity (Wildman–Crippen MR) is 152 cm³/mol. The molecule has 0 saturated heterocycles. The van der Waals surface area contributed by atoms with Crippen LogP contribution in [0.1, 0.15) is 6.42 Å². The van der Waals surface area contributed by atoms with Crippen molar-refractivity contribution in [2.75, 3.05) is 13.2 Å². The Morgan fingerprint density at radius 2 is 1.48 bits per heavy atom. The summed E-state index contributed by atoms with van der Waals surface area (Å²) in [6.45, 7) is 0.0140. The molecule has 2 aromatic heterocycles. The maximum absolute atomic E-state index is 12.5. The van der Waals surface area contributed by atoms with E-state index in [-0.39, 0.29) is 19.3 Å². The van der Waals surface area contributed by atoms with Gasteiger partial charge in [-0.3, -0.25) is 0 Å². The molecule has 40 heavy (non-hydrogen) atoms. The van der Waals surface area contributed by atoms with Gasteiger partial charge in [0.05, 0.1) is 23.8 Å². The molecule has 2 heterocycles. The highest BCUT2D eigenvalue weighted by molar-refractivity contribution is 5.82. The third-order valence-electron chi connectivity index (χ3n) is 6.74. The van der Waals surface area contributed by atoms with Gasteiger partial charge >= 0.3 is 11.3 Å². The minimum absolute atomic E-state index is 0.0135. The van der Waals surface area contributed by atoms with E-state index in [0.29, 0.717) is 34.3 Å². The van der Waals surface area contributed by atoms with Gasteiger partial charge in [-0.1, -0.05) is 66.7 Å². The second-order valence-corrected chi connectivity index (χ2v) is 9.59. The summed E-state index contributed by atoms with van der Waals surface area (Å²) in [7, 11) is 0. The number of hydrogen-bond acceptors (Lipinski definition) is 7. The molecule has 0 fully saturated rings. The molecule has 0 aliphatic heterocycles. The Morgan fingerprint density at radius 1 is 0.800 bits per heavy atom. The van der Waals surface area contributed by atoms with E-state index in [2.05, 4.69) is 0 Å². The summed E-state index contributed by atoms with van der Waals surface area (Å²) in [5, 5.41) is 12.0. The highest BCUT2D eigenvalue weighted by atomic mass is 16.5. The summed E-state index contributed by atoms with van der Waals surface area (Å²) in [5.41, 5.74) is 2.61. The summed E-state index contributed by atoms with van der Waals surface area (Å²) >= 11 is 0. The van der Waals surface area contributed by atoms with Crippen LogP contribution in [0.25, 0.3) is 45.4 Å². The molecule has 1 aliphatic rings. The zero-order chi connectivity index (χ0) is 27.5. The normalized spacial score (nSPS) is 15.1. The van der Waals surface area contributed by atoms with E-state index in [9.17, 15) is 14.7 Å². The van der Waals surface area contributed by atoms with Crippen molar-refractivity contribution >= 4 is 23.1 Å². The lowest BCUT2D eigenvalue weighted by Crippen LogP contribution is -2.36. The number of hydrogen-bond donors (Lipinski definition) is 1. The van der Waals surface area contributed by atoms with Crippen LogP contribution >= 0.6 is 0 Å². The van der Waals surface area contributed by atoms with Gasteiger partial charge < -0.3 is 23.4 Å². The molecular formula is C33H26O7. The van der Waals surface area contributed by atoms with Crippen molar-refractivity contribution in [3.05, 3.63) is 122 Å². The fourth-order valence-electron chi connectivity index (χ4n) is 4.68. The Bertz CT molecular complexity index is 1890. The summed E-state index contributed by atoms with van der Waals surface area (Å²) in [5.74, 6) is 0.463. The van der Waals surface area contributed by atoms with Gasteiger partial charge in [0, 0.05) is 16.7 Å². The SMILES string of the molecule is O=c1oc2c(cc1-c1ccccc1)=CCC(OCC(O)COc1ccc3cc(-c4ccccc4)c(=O)oc3c1)C=2. The highest BCUT2D eigenvalue weighted by Gasteiger charge is 2.15. The van der Waals surface area contributed by atoms with E-state index < -0.39 is 17.4 Å². The molecule has 0 bridgehead atoms. The van der Waals surface area contributed by atoms with Crippen LogP contribution in [0.3, 0.4) is 0 Å². The molecule has 1 aliphatic carbocycles. The number of rotatable bonds is 8. The van der Waals surface area contributed by atoms with Gasteiger partial charge in [-0.15, -0.1) is 0 Å². The molecule has 0 spiro atoms. The van der Waals surface area contributed by atoms with Crippen molar-refractivity contribution < 1.29 is 23.4 Å². The van der Waals surface area contributed by atoms with Gasteiger partial charge in [0.2, 0.25) is 0 Å². The van der Waals surface area contributed by atoms with Crippen molar-refractivity contribution in [1.82, 2.24) is 0 Å². The maximum Gasteiger partial charge on any atom is 0.344 e. The van der Waals surface area contributed by atoms with Crippen molar-refractivity contribution in [3.63, 3.8) is 0 Å². The molecule has 7 nitrogen and oxygen atoms in total. The molecule has 2 atom stereocenters. The van der Waals surface area contributed by atoms with E-state index >= 15 is 0 Å². The topological polar surface area (TPSA) is 99.1 Å². The fraction of sp³-hybridized carbons (Fsp3) is 0.152. The fourth-order valence-corrected chi connectivity index (χ4v) is 4.68. The first-order chi connectivity index (χ1) is 19.5. The molecule has 1 N–H and O–H groups in total. The quantitative estimate of drug-likeness (QED) is 0.302. The first-order valence-corrected chi connectivity index (χ1v) is 13.0. The third-order valence-corrected chi connectivity index (χ3v) is 6.74. The maximum atomic E-state index is 12.5. The summed E-state index contributed by atoms with van der Waals surface area (Å²) in [6, 6.07) is 27.6. The van der Waals surface area contributed by atoms with Crippen LogP contribution in [0.4, 0.5) is 0 Å². The Balaban J connectivity index is 1.07. The first-order valence-electron chi connectivity index (χ1n) is 13.0. The molecule has 0 saturated carbocycles.